The molecule has 1 amide bonds. The third-order valence-corrected chi connectivity index (χ3v) is 2.96. The van der Waals surface area contributed by atoms with Gasteiger partial charge in [0.1, 0.15) is 0 Å². The normalized spacial score (nSPS) is 11.8. The number of methoxy groups -OCH3 is 2. The number of rotatable bonds is 9. The van der Waals surface area contributed by atoms with Gasteiger partial charge in [-0.1, -0.05) is 6.07 Å². The Hall–Kier alpha value is -1.79. The van der Waals surface area contributed by atoms with Crippen molar-refractivity contribution >= 4 is 5.91 Å². The number of carbonyl (C=O) groups is 1. The lowest BCUT2D eigenvalue weighted by molar-refractivity contribution is -0.126. The molecule has 0 aliphatic heterocycles. The highest BCUT2D eigenvalue weighted by molar-refractivity contribution is 5.80. The maximum Gasteiger partial charge on any atom is 0.260 e. The van der Waals surface area contributed by atoms with Crippen LogP contribution in [0.5, 0.6) is 11.5 Å². The highest BCUT2D eigenvalue weighted by Gasteiger charge is 2.15. The maximum absolute atomic E-state index is 11.5. The topological polar surface area (TPSA) is 68.8 Å². The standard InChI is InChI=1S/C15H24N2O4/c1-11(15(18)16-2)21-13-6-5-12(9-14(13)20-4)10-17-7-8-19-3/h5-6,9,11,17H,7-8,10H2,1-4H3,(H,16,18). The minimum absolute atomic E-state index is 0.178. The summed E-state index contributed by atoms with van der Waals surface area (Å²) in [6.07, 6.45) is -0.574. The van der Waals surface area contributed by atoms with Gasteiger partial charge in [-0.2, -0.15) is 0 Å². The Kier molecular flexibility index (Phi) is 7.56. The molecule has 1 aromatic carbocycles. The SMILES string of the molecule is CNC(=O)C(C)Oc1ccc(CNCCOC)cc1OC. The van der Waals surface area contributed by atoms with Crippen LogP contribution in [-0.4, -0.2) is 46.4 Å². The van der Waals surface area contributed by atoms with E-state index >= 15 is 0 Å². The molecule has 0 fully saturated rings. The summed E-state index contributed by atoms with van der Waals surface area (Å²) in [6.45, 7) is 3.86. The van der Waals surface area contributed by atoms with Crippen molar-refractivity contribution in [2.45, 2.75) is 19.6 Å². The van der Waals surface area contributed by atoms with Crippen LogP contribution in [0.15, 0.2) is 18.2 Å². The van der Waals surface area contributed by atoms with Crippen molar-refractivity contribution in [3.63, 3.8) is 0 Å². The molecule has 2 N–H and O–H groups in total. The Morgan fingerprint density at radius 3 is 2.67 bits per heavy atom. The lowest BCUT2D eigenvalue weighted by Crippen LogP contribution is -2.33. The number of likely N-dealkylation sites (N-methyl/N-ethyl adjacent to an activating group) is 1. The molecule has 0 aromatic heterocycles. The van der Waals surface area contributed by atoms with Crippen molar-refractivity contribution in [1.29, 1.82) is 0 Å². The molecule has 21 heavy (non-hydrogen) atoms. The van der Waals surface area contributed by atoms with E-state index in [-0.39, 0.29) is 5.91 Å². The zero-order chi connectivity index (χ0) is 15.7. The molecule has 1 aromatic rings. The average Bonchev–Trinajstić information content (AvgIpc) is 2.51. The van der Waals surface area contributed by atoms with Gasteiger partial charge in [0.2, 0.25) is 0 Å². The number of nitrogens with one attached hydrogen (secondary N) is 2. The van der Waals surface area contributed by atoms with Crippen molar-refractivity contribution in [2.24, 2.45) is 0 Å². The van der Waals surface area contributed by atoms with Crippen LogP contribution in [-0.2, 0) is 16.1 Å². The highest BCUT2D eigenvalue weighted by Crippen LogP contribution is 2.29. The fraction of sp³-hybridized carbons (Fsp3) is 0.533. The molecule has 0 saturated heterocycles. The van der Waals surface area contributed by atoms with Gasteiger partial charge in [0.25, 0.3) is 5.91 Å². The van der Waals surface area contributed by atoms with Gasteiger partial charge in [0.15, 0.2) is 17.6 Å². The summed E-state index contributed by atoms with van der Waals surface area (Å²) in [6, 6.07) is 5.64. The Morgan fingerprint density at radius 2 is 2.05 bits per heavy atom. The molecule has 6 heteroatoms. The molecule has 0 bridgehead atoms. The summed E-state index contributed by atoms with van der Waals surface area (Å²) >= 11 is 0. The van der Waals surface area contributed by atoms with E-state index in [2.05, 4.69) is 10.6 Å². The van der Waals surface area contributed by atoms with Crippen LogP contribution in [0.3, 0.4) is 0 Å². The molecule has 118 valence electrons. The lowest BCUT2D eigenvalue weighted by atomic mass is 10.2. The number of hydrogen-bond acceptors (Lipinski definition) is 5. The van der Waals surface area contributed by atoms with Crippen LogP contribution in [0.4, 0.5) is 0 Å². The minimum atomic E-state index is -0.574. The molecule has 0 saturated carbocycles. The second-order valence-electron chi connectivity index (χ2n) is 4.53. The maximum atomic E-state index is 11.5. The monoisotopic (exact) mass is 296 g/mol. The van der Waals surface area contributed by atoms with Crippen molar-refractivity contribution < 1.29 is 19.0 Å². The fourth-order valence-electron chi connectivity index (χ4n) is 1.77. The van der Waals surface area contributed by atoms with Crippen molar-refractivity contribution in [2.75, 3.05) is 34.4 Å². The molecule has 0 heterocycles. The zero-order valence-electron chi connectivity index (χ0n) is 13.1. The number of amides is 1. The summed E-state index contributed by atoms with van der Waals surface area (Å²) in [5, 5.41) is 5.80. The van der Waals surface area contributed by atoms with Crippen LogP contribution in [0.25, 0.3) is 0 Å². The Bertz CT molecular complexity index is 451. The molecule has 0 aliphatic carbocycles. The minimum Gasteiger partial charge on any atom is -0.493 e. The zero-order valence-corrected chi connectivity index (χ0v) is 13.1. The van der Waals surface area contributed by atoms with Gasteiger partial charge >= 0.3 is 0 Å². The van der Waals surface area contributed by atoms with Crippen molar-refractivity contribution in [3.05, 3.63) is 23.8 Å². The van der Waals surface area contributed by atoms with E-state index in [1.165, 1.54) is 0 Å². The molecule has 0 aliphatic rings. The Labute approximate surface area is 125 Å². The van der Waals surface area contributed by atoms with Gasteiger partial charge in [-0.15, -0.1) is 0 Å². The smallest absolute Gasteiger partial charge is 0.260 e. The van der Waals surface area contributed by atoms with E-state index in [0.717, 1.165) is 12.1 Å². The van der Waals surface area contributed by atoms with Gasteiger partial charge in [-0.25, -0.2) is 0 Å². The van der Waals surface area contributed by atoms with Crippen LogP contribution in [0, 0.1) is 0 Å². The van der Waals surface area contributed by atoms with E-state index in [1.54, 1.807) is 28.2 Å². The predicted molar refractivity (Wildman–Crippen MR) is 80.7 cm³/mol. The summed E-state index contributed by atoms with van der Waals surface area (Å²) < 4.78 is 15.9. The average molecular weight is 296 g/mol. The van der Waals surface area contributed by atoms with Gasteiger partial charge in [0, 0.05) is 27.2 Å². The summed E-state index contributed by atoms with van der Waals surface area (Å²) in [7, 11) is 4.83. The predicted octanol–water partition coefficient (Wildman–Crippen LogP) is 0.944. The van der Waals surface area contributed by atoms with E-state index in [9.17, 15) is 4.79 Å². The van der Waals surface area contributed by atoms with Crippen LogP contribution in [0.1, 0.15) is 12.5 Å². The molecule has 1 atom stereocenters. The highest BCUT2D eigenvalue weighted by atomic mass is 16.5. The summed E-state index contributed by atoms with van der Waals surface area (Å²) in [4.78, 5) is 11.5. The molecule has 0 spiro atoms. The number of carbonyl (C=O) groups excluding carboxylic acids is 1. The van der Waals surface area contributed by atoms with Crippen LogP contribution < -0.4 is 20.1 Å². The van der Waals surface area contributed by atoms with E-state index < -0.39 is 6.10 Å². The quantitative estimate of drug-likeness (QED) is 0.664. The number of benzene rings is 1. The second kappa shape index (κ2) is 9.20. The van der Waals surface area contributed by atoms with Crippen LogP contribution in [0.2, 0.25) is 0 Å². The Morgan fingerprint density at radius 1 is 1.29 bits per heavy atom. The molecular formula is C15H24N2O4. The number of hydrogen-bond donors (Lipinski definition) is 2. The fourth-order valence-corrected chi connectivity index (χ4v) is 1.77. The van der Waals surface area contributed by atoms with Gasteiger partial charge in [-0.3, -0.25) is 4.79 Å². The first-order valence-corrected chi connectivity index (χ1v) is 6.87. The van der Waals surface area contributed by atoms with Gasteiger partial charge in [-0.05, 0) is 24.6 Å². The number of ether oxygens (including phenoxy) is 3. The second-order valence-corrected chi connectivity index (χ2v) is 4.53. The van der Waals surface area contributed by atoms with E-state index in [0.29, 0.717) is 24.7 Å². The molecule has 1 rings (SSSR count). The van der Waals surface area contributed by atoms with E-state index in [1.807, 2.05) is 18.2 Å². The molecular weight excluding hydrogens is 272 g/mol. The molecule has 1 unspecified atom stereocenters. The van der Waals surface area contributed by atoms with Crippen LogP contribution >= 0.6 is 0 Å². The van der Waals surface area contributed by atoms with Gasteiger partial charge < -0.3 is 24.8 Å². The first kappa shape index (κ1) is 17.3. The third-order valence-electron chi connectivity index (χ3n) is 2.96. The van der Waals surface area contributed by atoms with Crippen molar-refractivity contribution in [3.8, 4) is 11.5 Å². The first-order chi connectivity index (χ1) is 10.1. The molecule has 0 radical (unpaired) electrons. The van der Waals surface area contributed by atoms with Gasteiger partial charge in [0.05, 0.1) is 13.7 Å². The first-order valence-electron chi connectivity index (χ1n) is 6.87. The lowest BCUT2D eigenvalue weighted by Gasteiger charge is -2.16. The summed E-state index contributed by atoms with van der Waals surface area (Å²) in [5.41, 5.74) is 1.07. The molecule has 6 nitrogen and oxygen atoms in total. The largest absolute Gasteiger partial charge is 0.493 e. The summed E-state index contributed by atoms with van der Waals surface area (Å²) in [5.74, 6) is 0.980. The van der Waals surface area contributed by atoms with E-state index in [4.69, 9.17) is 14.2 Å². The van der Waals surface area contributed by atoms with Crippen molar-refractivity contribution in [1.82, 2.24) is 10.6 Å². The third kappa shape index (κ3) is 5.61. The Balaban J connectivity index is 2.67.